The maximum atomic E-state index is 12.5. The van der Waals surface area contributed by atoms with Gasteiger partial charge in [0.25, 0.3) is 0 Å². The van der Waals surface area contributed by atoms with Crippen LogP contribution in [-0.2, 0) is 23.4 Å². The molecular formula is C26H30N2O3. The summed E-state index contributed by atoms with van der Waals surface area (Å²) in [5, 5.41) is 0. The van der Waals surface area contributed by atoms with Crippen LogP contribution in [0.5, 0.6) is 5.75 Å². The second kappa shape index (κ2) is 9.06. The van der Waals surface area contributed by atoms with Gasteiger partial charge in [0.2, 0.25) is 0 Å². The summed E-state index contributed by atoms with van der Waals surface area (Å²) in [5.41, 5.74) is 3.02. The summed E-state index contributed by atoms with van der Waals surface area (Å²) < 4.78 is 12.8. The zero-order valence-electron chi connectivity index (χ0n) is 18.5. The standard InChI is InChI=1S/C26H30N2O3/c1-18(2)16-30-17-22-20-10-7-11-23(29)21(20)12-13-24(22)31-26(3,25-27-14-15-28-25)19-8-5-4-6-9-19/h4-6,8-9,12-15,18H,7,10-11,16-17H2,1-3H3,(H,27,28)/t26-/m0/s1. The monoisotopic (exact) mass is 418 g/mol. The number of hydrogen-bond acceptors (Lipinski definition) is 4. The summed E-state index contributed by atoms with van der Waals surface area (Å²) >= 11 is 0. The SMILES string of the molecule is CC(C)COCc1c(O[C@@](C)(c2ccccc2)c2ncc[nH]2)ccc2c1CCCC2=O. The molecule has 5 nitrogen and oxygen atoms in total. The molecule has 1 heterocycles. The number of H-pyrrole nitrogens is 1. The van der Waals surface area contributed by atoms with Crippen molar-refractivity contribution in [3.8, 4) is 5.75 Å². The number of imidazole rings is 1. The van der Waals surface area contributed by atoms with Crippen LogP contribution in [0, 0.1) is 5.92 Å². The first-order valence-electron chi connectivity index (χ1n) is 11.0. The number of Topliss-reactive ketones (excluding diaryl/α,β-unsaturated/α-hetero) is 1. The summed E-state index contributed by atoms with van der Waals surface area (Å²) in [6.07, 6.45) is 5.87. The number of ether oxygens (including phenoxy) is 2. The Kier molecular flexibility index (Phi) is 6.23. The lowest BCUT2D eigenvalue weighted by atomic mass is 9.86. The molecule has 31 heavy (non-hydrogen) atoms. The number of carbonyl (C=O) groups is 1. The average molecular weight is 419 g/mol. The van der Waals surface area contributed by atoms with Crippen molar-refractivity contribution in [2.45, 2.75) is 52.2 Å². The Morgan fingerprint density at radius 2 is 1.94 bits per heavy atom. The van der Waals surface area contributed by atoms with E-state index in [1.807, 2.05) is 49.4 Å². The smallest absolute Gasteiger partial charge is 0.188 e. The molecule has 0 fully saturated rings. The fourth-order valence-electron chi connectivity index (χ4n) is 4.18. The van der Waals surface area contributed by atoms with Gasteiger partial charge in [-0.15, -0.1) is 0 Å². The molecule has 0 aliphatic heterocycles. The van der Waals surface area contributed by atoms with E-state index in [0.717, 1.165) is 46.7 Å². The van der Waals surface area contributed by atoms with Gasteiger partial charge in [-0.2, -0.15) is 0 Å². The summed E-state index contributed by atoms with van der Waals surface area (Å²) in [5.74, 6) is 2.10. The quantitative estimate of drug-likeness (QED) is 0.529. The van der Waals surface area contributed by atoms with Gasteiger partial charge >= 0.3 is 0 Å². The minimum absolute atomic E-state index is 0.203. The number of hydrogen-bond donors (Lipinski definition) is 1. The Morgan fingerprint density at radius 1 is 1.13 bits per heavy atom. The summed E-state index contributed by atoms with van der Waals surface area (Å²) in [6.45, 7) is 7.36. The van der Waals surface area contributed by atoms with Gasteiger partial charge in [-0.05, 0) is 43.4 Å². The van der Waals surface area contributed by atoms with Gasteiger partial charge in [0.15, 0.2) is 17.2 Å². The normalized spacial score (nSPS) is 15.5. The highest BCUT2D eigenvalue weighted by atomic mass is 16.5. The van der Waals surface area contributed by atoms with Crippen molar-refractivity contribution in [3.63, 3.8) is 0 Å². The van der Waals surface area contributed by atoms with Gasteiger partial charge < -0.3 is 14.5 Å². The number of nitrogens with zero attached hydrogens (tertiary/aromatic N) is 1. The number of nitrogens with one attached hydrogen (secondary N) is 1. The number of ketones is 1. The third-order valence-electron chi connectivity index (χ3n) is 5.81. The molecule has 4 rings (SSSR count). The van der Waals surface area contributed by atoms with E-state index in [1.54, 1.807) is 12.4 Å². The van der Waals surface area contributed by atoms with E-state index in [2.05, 4.69) is 23.8 Å². The number of aromatic nitrogens is 2. The van der Waals surface area contributed by atoms with Crippen molar-refractivity contribution < 1.29 is 14.3 Å². The van der Waals surface area contributed by atoms with E-state index in [9.17, 15) is 4.79 Å². The molecular weight excluding hydrogens is 388 g/mol. The van der Waals surface area contributed by atoms with Crippen LogP contribution in [0.4, 0.5) is 0 Å². The minimum atomic E-state index is -0.815. The zero-order valence-corrected chi connectivity index (χ0v) is 18.5. The van der Waals surface area contributed by atoms with E-state index in [-0.39, 0.29) is 5.78 Å². The molecule has 162 valence electrons. The molecule has 3 aromatic rings. The van der Waals surface area contributed by atoms with Crippen molar-refractivity contribution in [2.24, 2.45) is 5.92 Å². The predicted molar refractivity (Wildman–Crippen MR) is 120 cm³/mol. The van der Waals surface area contributed by atoms with E-state index in [4.69, 9.17) is 9.47 Å². The summed E-state index contributed by atoms with van der Waals surface area (Å²) in [7, 11) is 0. The minimum Gasteiger partial charge on any atom is -0.474 e. The Bertz CT molecular complexity index is 1030. The molecule has 1 aliphatic carbocycles. The largest absolute Gasteiger partial charge is 0.474 e. The molecule has 1 N–H and O–H groups in total. The van der Waals surface area contributed by atoms with Gasteiger partial charge in [0.1, 0.15) is 5.75 Å². The van der Waals surface area contributed by atoms with Crippen molar-refractivity contribution in [3.05, 3.63) is 82.9 Å². The third kappa shape index (κ3) is 4.42. The number of carbonyl (C=O) groups excluding carboxylic acids is 1. The first-order valence-corrected chi connectivity index (χ1v) is 11.0. The van der Waals surface area contributed by atoms with Gasteiger partial charge in [0, 0.05) is 42.1 Å². The Balaban J connectivity index is 1.77. The first-order chi connectivity index (χ1) is 15.0. The Morgan fingerprint density at radius 3 is 2.65 bits per heavy atom. The number of aromatic amines is 1. The van der Waals surface area contributed by atoms with Crippen LogP contribution >= 0.6 is 0 Å². The Hall–Kier alpha value is -2.92. The molecule has 0 spiro atoms. The molecule has 1 aromatic heterocycles. The van der Waals surface area contributed by atoms with Gasteiger partial charge in [-0.3, -0.25) is 4.79 Å². The fourth-order valence-corrected chi connectivity index (χ4v) is 4.18. The molecule has 5 heteroatoms. The van der Waals surface area contributed by atoms with Crippen LogP contribution in [0.15, 0.2) is 54.9 Å². The van der Waals surface area contributed by atoms with Crippen LogP contribution in [0.25, 0.3) is 0 Å². The molecule has 0 saturated carbocycles. The van der Waals surface area contributed by atoms with Crippen LogP contribution < -0.4 is 4.74 Å². The molecule has 2 aromatic carbocycles. The van der Waals surface area contributed by atoms with Crippen molar-refractivity contribution >= 4 is 5.78 Å². The van der Waals surface area contributed by atoms with E-state index >= 15 is 0 Å². The van der Waals surface area contributed by atoms with E-state index < -0.39 is 5.60 Å². The zero-order chi connectivity index (χ0) is 21.8. The topological polar surface area (TPSA) is 64.2 Å². The molecule has 1 aliphatic rings. The predicted octanol–water partition coefficient (Wildman–Crippen LogP) is 5.44. The van der Waals surface area contributed by atoms with E-state index in [1.165, 1.54) is 0 Å². The van der Waals surface area contributed by atoms with Crippen LogP contribution in [0.1, 0.15) is 66.5 Å². The van der Waals surface area contributed by atoms with Crippen molar-refractivity contribution in [2.75, 3.05) is 6.61 Å². The maximum absolute atomic E-state index is 12.5. The average Bonchev–Trinajstić information content (AvgIpc) is 3.31. The maximum Gasteiger partial charge on any atom is 0.188 e. The van der Waals surface area contributed by atoms with Crippen LogP contribution in [-0.4, -0.2) is 22.4 Å². The molecule has 0 radical (unpaired) electrons. The molecule has 1 atom stereocenters. The molecule has 0 amide bonds. The third-order valence-corrected chi connectivity index (χ3v) is 5.81. The molecule has 0 saturated heterocycles. The second-order valence-corrected chi connectivity index (χ2v) is 8.69. The van der Waals surface area contributed by atoms with E-state index in [0.29, 0.717) is 25.6 Å². The number of benzene rings is 2. The lowest BCUT2D eigenvalue weighted by molar-refractivity contribution is 0.0846. The lowest BCUT2D eigenvalue weighted by Crippen LogP contribution is -2.33. The van der Waals surface area contributed by atoms with Crippen LogP contribution in [0.3, 0.4) is 0 Å². The number of rotatable bonds is 8. The lowest BCUT2D eigenvalue weighted by Gasteiger charge is -2.32. The van der Waals surface area contributed by atoms with Crippen molar-refractivity contribution in [1.82, 2.24) is 9.97 Å². The highest BCUT2D eigenvalue weighted by Gasteiger charge is 2.35. The summed E-state index contributed by atoms with van der Waals surface area (Å²) in [6, 6.07) is 13.9. The van der Waals surface area contributed by atoms with Gasteiger partial charge in [0.05, 0.1) is 6.61 Å². The van der Waals surface area contributed by atoms with Gasteiger partial charge in [-0.1, -0.05) is 44.2 Å². The van der Waals surface area contributed by atoms with Gasteiger partial charge in [-0.25, -0.2) is 4.98 Å². The number of fused-ring (bicyclic) bond motifs is 1. The van der Waals surface area contributed by atoms with Crippen molar-refractivity contribution in [1.29, 1.82) is 0 Å². The molecule has 0 bridgehead atoms. The highest BCUT2D eigenvalue weighted by molar-refractivity contribution is 5.99. The fraction of sp³-hybridized carbons (Fsp3) is 0.385. The molecule has 0 unspecified atom stereocenters. The summed E-state index contributed by atoms with van der Waals surface area (Å²) in [4.78, 5) is 20.3. The second-order valence-electron chi connectivity index (χ2n) is 8.69. The van der Waals surface area contributed by atoms with Crippen LogP contribution in [0.2, 0.25) is 0 Å². The first kappa shape index (κ1) is 21.3. The Labute approximate surface area is 183 Å². The highest BCUT2D eigenvalue weighted by Crippen LogP contribution is 2.38.